The van der Waals surface area contributed by atoms with E-state index in [-0.39, 0.29) is 17.6 Å². The van der Waals surface area contributed by atoms with E-state index in [9.17, 15) is 9.90 Å². The number of carboxylic acid groups (broad SMARTS) is 1. The van der Waals surface area contributed by atoms with E-state index in [1.807, 2.05) is 6.07 Å². The van der Waals surface area contributed by atoms with Crippen molar-refractivity contribution in [3.63, 3.8) is 0 Å². The molecule has 2 heterocycles. The normalized spacial score (nSPS) is 23.0. The number of hydrogen-bond acceptors (Lipinski definition) is 3. The molecular formula is C14H16N2O3. The van der Waals surface area contributed by atoms with Crippen molar-refractivity contribution in [1.29, 1.82) is 0 Å². The number of benzene rings is 1. The SMILES string of the molecule is CCC1OCCC1c1nc2c(C(=O)O)cccc2[nH]1. The lowest BCUT2D eigenvalue weighted by Crippen LogP contribution is -2.14. The Bertz CT molecular complexity index is 620. The van der Waals surface area contributed by atoms with Crippen LogP contribution in [-0.2, 0) is 4.74 Å². The third-order valence-corrected chi connectivity index (χ3v) is 3.72. The van der Waals surface area contributed by atoms with Crippen molar-refractivity contribution in [2.75, 3.05) is 6.61 Å². The quantitative estimate of drug-likeness (QED) is 0.889. The van der Waals surface area contributed by atoms with Crippen molar-refractivity contribution in [3.8, 4) is 0 Å². The summed E-state index contributed by atoms with van der Waals surface area (Å²) >= 11 is 0. The molecule has 2 atom stereocenters. The predicted octanol–water partition coefficient (Wildman–Crippen LogP) is 2.54. The lowest BCUT2D eigenvalue weighted by molar-refractivity contribution is 0.0699. The third kappa shape index (κ3) is 2.00. The molecule has 1 aromatic heterocycles. The summed E-state index contributed by atoms with van der Waals surface area (Å²) in [5.41, 5.74) is 1.55. The van der Waals surface area contributed by atoms with Gasteiger partial charge < -0.3 is 14.8 Å². The number of aromatic nitrogens is 2. The molecule has 1 saturated heterocycles. The van der Waals surface area contributed by atoms with Crippen molar-refractivity contribution in [2.24, 2.45) is 0 Å². The van der Waals surface area contributed by atoms with Gasteiger partial charge in [-0.3, -0.25) is 0 Å². The van der Waals surface area contributed by atoms with Crippen molar-refractivity contribution >= 4 is 17.0 Å². The molecule has 2 unspecified atom stereocenters. The maximum Gasteiger partial charge on any atom is 0.337 e. The van der Waals surface area contributed by atoms with Crippen molar-refractivity contribution in [1.82, 2.24) is 9.97 Å². The van der Waals surface area contributed by atoms with Crippen LogP contribution >= 0.6 is 0 Å². The number of aromatic amines is 1. The minimum Gasteiger partial charge on any atom is -0.478 e. The number of H-pyrrole nitrogens is 1. The second-order valence-corrected chi connectivity index (χ2v) is 4.84. The Labute approximate surface area is 110 Å². The van der Waals surface area contributed by atoms with Crippen LogP contribution in [0, 0.1) is 0 Å². The summed E-state index contributed by atoms with van der Waals surface area (Å²) in [7, 11) is 0. The predicted molar refractivity (Wildman–Crippen MR) is 70.4 cm³/mol. The molecule has 0 spiro atoms. The van der Waals surface area contributed by atoms with Gasteiger partial charge in [0.2, 0.25) is 0 Å². The first-order chi connectivity index (χ1) is 9.20. The summed E-state index contributed by atoms with van der Waals surface area (Å²) < 4.78 is 5.67. The minimum atomic E-state index is -0.946. The van der Waals surface area contributed by atoms with Gasteiger partial charge in [-0.25, -0.2) is 9.78 Å². The van der Waals surface area contributed by atoms with Crippen LogP contribution in [0.5, 0.6) is 0 Å². The number of aromatic carboxylic acids is 1. The van der Waals surface area contributed by atoms with Crippen molar-refractivity contribution in [2.45, 2.75) is 31.8 Å². The van der Waals surface area contributed by atoms with Gasteiger partial charge >= 0.3 is 5.97 Å². The maximum atomic E-state index is 11.2. The Morgan fingerprint density at radius 3 is 3.16 bits per heavy atom. The van der Waals surface area contributed by atoms with Gasteiger partial charge in [0.25, 0.3) is 0 Å². The van der Waals surface area contributed by atoms with E-state index < -0.39 is 5.97 Å². The largest absolute Gasteiger partial charge is 0.478 e. The van der Waals surface area contributed by atoms with Crippen LogP contribution in [0.3, 0.4) is 0 Å². The van der Waals surface area contributed by atoms with Crippen LogP contribution in [0.25, 0.3) is 11.0 Å². The molecule has 0 amide bonds. The number of rotatable bonds is 3. The number of ether oxygens (including phenoxy) is 1. The standard InChI is InChI=1S/C14H16N2O3/c1-2-11-8(6-7-19-11)13-15-10-5-3-4-9(14(17)18)12(10)16-13/h3-5,8,11H,2,6-7H2,1H3,(H,15,16)(H,17,18). The van der Waals surface area contributed by atoms with Crippen molar-refractivity contribution < 1.29 is 14.6 Å². The Morgan fingerprint density at radius 2 is 2.42 bits per heavy atom. The van der Waals surface area contributed by atoms with Crippen LogP contribution in [0.15, 0.2) is 18.2 Å². The zero-order valence-electron chi connectivity index (χ0n) is 10.7. The van der Waals surface area contributed by atoms with Crippen LogP contribution in [-0.4, -0.2) is 33.8 Å². The van der Waals surface area contributed by atoms with E-state index in [0.717, 1.165) is 30.8 Å². The second kappa shape index (κ2) is 4.66. The molecule has 19 heavy (non-hydrogen) atoms. The first-order valence-corrected chi connectivity index (χ1v) is 6.54. The monoisotopic (exact) mass is 260 g/mol. The van der Waals surface area contributed by atoms with Gasteiger partial charge in [0, 0.05) is 12.5 Å². The molecule has 1 fully saturated rings. The van der Waals surface area contributed by atoms with Gasteiger partial charge in [-0.2, -0.15) is 0 Å². The van der Waals surface area contributed by atoms with Crippen LogP contribution in [0.2, 0.25) is 0 Å². The highest BCUT2D eigenvalue weighted by Crippen LogP contribution is 2.32. The Kier molecular flexibility index (Phi) is 2.98. The van der Waals surface area contributed by atoms with Crippen LogP contribution in [0.4, 0.5) is 0 Å². The number of para-hydroxylation sites is 1. The Hall–Kier alpha value is -1.88. The zero-order chi connectivity index (χ0) is 13.4. The Morgan fingerprint density at radius 1 is 1.58 bits per heavy atom. The number of imidazole rings is 1. The van der Waals surface area contributed by atoms with E-state index in [2.05, 4.69) is 16.9 Å². The molecule has 2 aromatic rings. The van der Waals surface area contributed by atoms with Crippen LogP contribution < -0.4 is 0 Å². The smallest absolute Gasteiger partial charge is 0.337 e. The molecule has 5 heteroatoms. The van der Waals surface area contributed by atoms with Gasteiger partial charge in [0.05, 0.1) is 17.2 Å². The fourth-order valence-electron chi connectivity index (χ4n) is 2.76. The molecule has 5 nitrogen and oxygen atoms in total. The molecular weight excluding hydrogens is 244 g/mol. The molecule has 0 radical (unpaired) electrons. The number of carbonyl (C=O) groups is 1. The molecule has 1 aliphatic heterocycles. The first-order valence-electron chi connectivity index (χ1n) is 6.54. The molecule has 3 rings (SSSR count). The average molecular weight is 260 g/mol. The van der Waals surface area contributed by atoms with E-state index >= 15 is 0 Å². The molecule has 0 aliphatic carbocycles. The summed E-state index contributed by atoms with van der Waals surface area (Å²) in [5, 5.41) is 9.18. The van der Waals surface area contributed by atoms with Gasteiger partial charge in [-0.15, -0.1) is 0 Å². The topological polar surface area (TPSA) is 75.2 Å². The summed E-state index contributed by atoms with van der Waals surface area (Å²) in [6.45, 7) is 2.83. The number of nitrogens with one attached hydrogen (secondary N) is 1. The first kappa shape index (κ1) is 12.2. The van der Waals surface area contributed by atoms with Crippen molar-refractivity contribution in [3.05, 3.63) is 29.6 Å². The lowest BCUT2D eigenvalue weighted by Gasteiger charge is -2.13. The molecule has 0 saturated carbocycles. The minimum absolute atomic E-state index is 0.175. The molecule has 0 bridgehead atoms. The molecule has 1 aliphatic rings. The highest BCUT2D eigenvalue weighted by Gasteiger charge is 2.31. The number of fused-ring (bicyclic) bond motifs is 1. The van der Waals surface area contributed by atoms with Gasteiger partial charge in [-0.05, 0) is 25.0 Å². The fraction of sp³-hybridized carbons (Fsp3) is 0.429. The zero-order valence-corrected chi connectivity index (χ0v) is 10.7. The van der Waals surface area contributed by atoms with E-state index in [1.165, 1.54) is 0 Å². The average Bonchev–Trinajstić information content (AvgIpc) is 3.03. The van der Waals surface area contributed by atoms with E-state index in [1.54, 1.807) is 12.1 Å². The number of carboxylic acids is 1. The number of hydrogen-bond donors (Lipinski definition) is 2. The highest BCUT2D eigenvalue weighted by atomic mass is 16.5. The van der Waals surface area contributed by atoms with Gasteiger partial charge in [-0.1, -0.05) is 13.0 Å². The molecule has 2 N–H and O–H groups in total. The third-order valence-electron chi connectivity index (χ3n) is 3.72. The summed E-state index contributed by atoms with van der Waals surface area (Å²) in [4.78, 5) is 18.9. The lowest BCUT2D eigenvalue weighted by atomic mass is 9.99. The Balaban J connectivity index is 2.06. The molecule has 1 aromatic carbocycles. The van der Waals surface area contributed by atoms with E-state index in [0.29, 0.717) is 5.52 Å². The van der Waals surface area contributed by atoms with Crippen LogP contribution in [0.1, 0.15) is 41.9 Å². The van der Waals surface area contributed by atoms with Gasteiger partial charge in [0.1, 0.15) is 11.3 Å². The van der Waals surface area contributed by atoms with Gasteiger partial charge in [0.15, 0.2) is 0 Å². The summed E-state index contributed by atoms with van der Waals surface area (Å²) in [5.74, 6) is 0.130. The number of nitrogens with zero attached hydrogens (tertiary/aromatic N) is 1. The maximum absolute atomic E-state index is 11.2. The second-order valence-electron chi connectivity index (χ2n) is 4.84. The van der Waals surface area contributed by atoms with E-state index in [4.69, 9.17) is 4.74 Å². The molecule has 100 valence electrons. The summed E-state index contributed by atoms with van der Waals surface area (Å²) in [6, 6.07) is 5.17. The highest BCUT2D eigenvalue weighted by molar-refractivity contribution is 6.00. The fourth-order valence-corrected chi connectivity index (χ4v) is 2.76. The summed E-state index contributed by atoms with van der Waals surface area (Å²) in [6.07, 6.45) is 2.04.